The van der Waals surface area contributed by atoms with E-state index in [-0.39, 0.29) is 5.91 Å². The smallest absolute Gasteiger partial charge is 0.251 e. The van der Waals surface area contributed by atoms with Crippen molar-refractivity contribution in [3.05, 3.63) is 59.9 Å². The number of morpholine rings is 1. The van der Waals surface area contributed by atoms with E-state index in [2.05, 4.69) is 49.3 Å². The van der Waals surface area contributed by atoms with Gasteiger partial charge in [0.2, 0.25) is 0 Å². The summed E-state index contributed by atoms with van der Waals surface area (Å²) in [6, 6.07) is 15.5. The van der Waals surface area contributed by atoms with Crippen molar-refractivity contribution < 1.29 is 9.53 Å². The highest BCUT2D eigenvalue weighted by molar-refractivity contribution is 5.94. The molecule has 2 aromatic rings. The fraction of sp³-hybridized carbons (Fsp3) is 0.571. The molecular formula is C28H39N5O2. The minimum absolute atomic E-state index is 0.00850. The lowest BCUT2D eigenvalue weighted by atomic mass is 9.93. The predicted octanol–water partition coefficient (Wildman–Crippen LogP) is 3.34. The summed E-state index contributed by atoms with van der Waals surface area (Å²) in [5.74, 6) is 0.00850. The highest BCUT2D eigenvalue weighted by Crippen LogP contribution is 2.34. The molecule has 35 heavy (non-hydrogen) atoms. The number of rotatable bonds is 7. The average Bonchev–Trinajstić information content (AvgIpc) is 2.94. The molecule has 3 aliphatic heterocycles. The predicted molar refractivity (Wildman–Crippen MR) is 139 cm³/mol. The van der Waals surface area contributed by atoms with Crippen LogP contribution in [-0.2, 0) is 4.74 Å². The summed E-state index contributed by atoms with van der Waals surface area (Å²) >= 11 is 0. The first kappa shape index (κ1) is 24.2. The van der Waals surface area contributed by atoms with E-state index in [9.17, 15) is 4.79 Å². The lowest BCUT2D eigenvalue weighted by Crippen LogP contribution is -2.48. The third kappa shape index (κ3) is 6.21. The number of carbonyl (C=O) groups excluding carboxylic acids is 1. The van der Waals surface area contributed by atoms with Gasteiger partial charge in [0.15, 0.2) is 0 Å². The molecular weight excluding hydrogens is 438 g/mol. The molecule has 5 rings (SSSR count). The van der Waals surface area contributed by atoms with E-state index in [0.29, 0.717) is 18.6 Å². The van der Waals surface area contributed by atoms with Crippen LogP contribution in [0.25, 0.3) is 0 Å². The van der Waals surface area contributed by atoms with Crippen LogP contribution in [-0.4, -0.2) is 85.8 Å². The zero-order valence-electron chi connectivity index (χ0n) is 20.8. The van der Waals surface area contributed by atoms with Gasteiger partial charge in [0, 0.05) is 62.8 Å². The van der Waals surface area contributed by atoms with Gasteiger partial charge >= 0.3 is 0 Å². The number of ether oxygens (including phenoxy) is 1. The molecule has 7 nitrogen and oxygen atoms in total. The van der Waals surface area contributed by atoms with Gasteiger partial charge in [-0.25, -0.2) is 0 Å². The number of amides is 1. The van der Waals surface area contributed by atoms with Crippen LogP contribution in [0.15, 0.2) is 48.7 Å². The van der Waals surface area contributed by atoms with Crippen LogP contribution < -0.4 is 10.2 Å². The van der Waals surface area contributed by atoms with Crippen LogP contribution in [0.5, 0.6) is 0 Å². The van der Waals surface area contributed by atoms with E-state index in [0.717, 1.165) is 51.5 Å². The molecule has 1 amide bonds. The monoisotopic (exact) mass is 477 g/mol. The molecule has 1 aromatic heterocycles. The minimum Gasteiger partial charge on any atom is -0.379 e. The number of nitrogens with one attached hydrogen (secondary N) is 1. The summed E-state index contributed by atoms with van der Waals surface area (Å²) in [5.41, 5.74) is 3.18. The van der Waals surface area contributed by atoms with Crippen LogP contribution in [0, 0.1) is 0 Å². The van der Waals surface area contributed by atoms with Crippen molar-refractivity contribution in [1.82, 2.24) is 20.1 Å². The van der Waals surface area contributed by atoms with Gasteiger partial charge < -0.3 is 15.0 Å². The number of anilines is 1. The molecule has 0 radical (unpaired) electrons. The average molecular weight is 478 g/mol. The second-order valence-electron chi connectivity index (χ2n) is 9.98. The normalized spacial score (nSPS) is 22.7. The van der Waals surface area contributed by atoms with Crippen molar-refractivity contribution in [2.75, 3.05) is 63.9 Å². The Morgan fingerprint density at radius 1 is 0.943 bits per heavy atom. The van der Waals surface area contributed by atoms with Crippen molar-refractivity contribution in [1.29, 1.82) is 0 Å². The maximum atomic E-state index is 12.6. The fourth-order valence-electron chi connectivity index (χ4n) is 5.82. The second-order valence-corrected chi connectivity index (χ2v) is 9.98. The number of carbonyl (C=O) groups is 1. The van der Waals surface area contributed by atoms with Gasteiger partial charge in [-0.05, 0) is 68.6 Å². The maximum Gasteiger partial charge on any atom is 0.251 e. The van der Waals surface area contributed by atoms with Crippen molar-refractivity contribution in [2.24, 2.45) is 0 Å². The molecule has 1 aromatic carbocycles. The molecule has 4 heterocycles. The molecule has 3 fully saturated rings. The number of piperidine rings is 2. The standard InChI is InChI=1S/C28H39N5O2/c34-28(30-14-18-31-19-21-35-22-20-31)23-7-9-24(10-8-23)32-16-11-25(12-17-32)33-15-4-2-6-27(33)26-5-1-3-13-29-26/h1,3,5,7-10,13,25,27H,2,4,6,11-12,14-22H2,(H,30,34)/t27-/m1/s1. The topological polar surface area (TPSA) is 60.9 Å². The molecule has 1 atom stereocenters. The van der Waals surface area contributed by atoms with Crippen molar-refractivity contribution >= 4 is 11.6 Å². The molecule has 0 aliphatic carbocycles. The third-order valence-corrected chi connectivity index (χ3v) is 7.82. The van der Waals surface area contributed by atoms with Crippen LogP contribution in [0.4, 0.5) is 5.69 Å². The fourth-order valence-corrected chi connectivity index (χ4v) is 5.82. The lowest BCUT2D eigenvalue weighted by molar-refractivity contribution is 0.0383. The summed E-state index contributed by atoms with van der Waals surface area (Å²) in [6.45, 7) is 8.31. The first-order chi connectivity index (χ1) is 17.3. The highest BCUT2D eigenvalue weighted by Gasteiger charge is 2.32. The van der Waals surface area contributed by atoms with Gasteiger partial charge in [-0.1, -0.05) is 12.5 Å². The molecule has 7 heteroatoms. The molecule has 1 N–H and O–H groups in total. The van der Waals surface area contributed by atoms with Crippen LogP contribution in [0.1, 0.15) is 54.2 Å². The Bertz CT molecular complexity index is 924. The van der Waals surface area contributed by atoms with E-state index < -0.39 is 0 Å². The largest absolute Gasteiger partial charge is 0.379 e. The molecule has 188 valence electrons. The molecule has 3 aliphatic rings. The molecule has 0 unspecified atom stereocenters. The van der Waals surface area contributed by atoms with Crippen LogP contribution in [0.2, 0.25) is 0 Å². The second kappa shape index (κ2) is 12.0. The Kier molecular flexibility index (Phi) is 8.29. The van der Waals surface area contributed by atoms with Crippen molar-refractivity contribution in [3.8, 4) is 0 Å². The summed E-state index contributed by atoms with van der Waals surface area (Å²) in [7, 11) is 0. The molecule has 0 spiro atoms. The van der Waals surface area contributed by atoms with E-state index in [1.807, 2.05) is 24.4 Å². The summed E-state index contributed by atoms with van der Waals surface area (Å²) in [6.07, 6.45) is 8.08. The first-order valence-corrected chi connectivity index (χ1v) is 13.4. The number of pyridine rings is 1. The Morgan fingerprint density at radius 2 is 1.74 bits per heavy atom. The van der Waals surface area contributed by atoms with Crippen molar-refractivity contribution in [2.45, 2.75) is 44.2 Å². The number of likely N-dealkylation sites (tertiary alicyclic amines) is 1. The van der Waals surface area contributed by atoms with E-state index >= 15 is 0 Å². The summed E-state index contributed by atoms with van der Waals surface area (Å²) in [4.78, 5) is 24.8. The van der Waals surface area contributed by atoms with E-state index in [1.54, 1.807) is 0 Å². The third-order valence-electron chi connectivity index (χ3n) is 7.82. The van der Waals surface area contributed by atoms with Crippen molar-refractivity contribution in [3.63, 3.8) is 0 Å². The van der Waals surface area contributed by atoms with Crippen LogP contribution >= 0.6 is 0 Å². The SMILES string of the molecule is O=C(NCCN1CCOCC1)c1ccc(N2CCC(N3CCCC[C@@H]3c3ccccn3)CC2)cc1. The van der Waals surface area contributed by atoms with Gasteiger partial charge in [-0.3, -0.25) is 19.6 Å². The first-order valence-electron chi connectivity index (χ1n) is 13.4. The van der Waals surface area contributed by atoms with Gasteiger partial charge in [-0.2, -0.15) is 0 Å². The Morgan fingerprint density at radius 3 is 2.49 bits per heavy atom. The molecule has 3 saturated heterocycles. The maximum absolute atomic E-state index is 12.6. The Labute approximate surface area is 209 Å². The summed E-state index contributed by atoms with van der Waals surface area (Å²) in [5, 5.41) is 3.06. The highest BCUT2D eigenvalue weighted by atomic mass is 16.5. The van der Waals surface area contributed by atoms with E-state index in [1.165, 1.54) is 50.0 Å². The Hall–Kier alpha value is -2.48. The number of benzene rings is 1. The quantitative estimate of drug-likeness (QED) is 0.660. The summed E-state index contributed by atoms with van der Waals surface area (Å²) < 4.78 is 5.38. The zero-order valence-corrected chi connectivity index (χ0v) is 20.8. The number of aromatic nitrogens is 1. The molecule has 0 bridgehead atoms. The molecule has 0 saturated carbocycles. The van der Waals surface area contributed by atoms with Gasteiger partial charge in [0.05, 0.1) is 24.9 Å². The van der Waals surface area contributed by atoms with Gasteiger partial charge in [0.25, 0.3) is 5.91 Å². The minimum atomic E-state index is 0.00850. The zero-order chi connectivity index (χ0) is 23.9. The number of hydrogen-bond acceptors (Lipinski definition) is 6. The Balaban J connectivity index is 1.11. The van der Waals surface area contributed by atoms with E-state index in [4.69, 9.17) is 4.74 Å². The number of nitrogens with zero attached hydrogens (tertiary/aromatic N) is 4. The lowest BCUT2D eigenvalue weighted by Gasteiger charge is -2.45. The van der Waals surface area contributed by atoms with Crippen LogP contribution in [0.3, 0.4) is 0 Å². The van der Waals surface area contributed by atoms with Gasteiger partial charge in [-0.15, -0.1) is 0 Å². The van der Waals surface area contributed by atoms with Gasteiger partial charge in [0.1, 0.15) is 0 Å². The number of hydrogen-bond donors (Lipinski definition) is 1.